The highest BCUT2D eigenvalue weighted by atomic mass is 32.2. The molecule has 0 heterocycles. The lowest BCUT2D eigenvalue weighted by molar-refractivity contribution is -0.137. The average Bonchev–Trinajstić information content (AvgIpc) is 2.50. The fraction of sp³-hybridized carbons (Fsp3) is 0.500. The van der Waals surface area contributed by atoms with Gasteiger partial charge in [0.25, 0.3) is 5.91 Å². The summed E-state index contributed by atoms with van der Waals surface area (Å²) in [4.78, 5) is 24.9. The minimum Gasteiger partial charge on any atom is -0.481 e. The van der Waals surface area contributed by atoms with E-state index in [1.807, 2.05) is 13.8 Å². The normalized spacial score (nSPS) is 11.5. The molecule has 2 N–H and O–H groups in total. The second-order valence-electron chi connectivity index (χ2n) is 5.81. The van der Waals surface area contributed by atoms with E-state index in [-0.39, 0.29) is 36.2 Å². The maximum atomic E-state index is 12.5. The fourth-order valence-corrected chi connectivity index (χ4v) is 3.22. The number of nitrogens with zero attached hydrogens (tertiary/aromatic N) is 1. The minimum absolute atomic E-state index is 0.0850. The molecule has 1 rings (SSSR count). The molecule has 1 aromatic carbocycles. The Morgan fingerprint density at radius 1 is 1.21 bits per heavy atom. The molecule has 0 aromatic heterocycles. The van der Waals surface area contributed by atoms with Crippen LogP contribution in [-0.4, -0.2) is 49.9 Å². The Morgan fingerprint density at radius 3 is 2.25 bits per heavy atom. The first-order chi connectivity index (χ1) is 11.2. The minimum atomic E-state index is -3.57. The molecule has 0 bridgehead atoms. The van der Waals surface area contributed by atoms with Gasteiger partial charge < -0.3 is 10.0 Å². The standard InChI is InChI=1S/C16H24N2O5S/c1-4-17-24(22,23)14-7-5-13(6-8-14)16(21)18(11-12(2)3)10-9-15(19)20/h5-8,12,17H,4,9-11H2,1-3H3,(H,19,20). The summed E-state index contributed by atoms with van der Waals surface area (Å²) in [6, 6.07) is 5.63. The predicted molar refractivity (Wildman–Crippen MR) is 90.3 cm³/mol. The van der Waals surface area contributed by atoms with Crippen molar-refractivity contribution in [1.29, 1.82) is 0 Å². The van der Waals surface area contributed by atoms with Crippen LogP contribution in [0, 0.1) is 5.92 Å². The molecular weight excluding hydrogens is 332 g/mol. The average molecular weight is 356 g/mol. The number of carboxylic acids is 1. The van der Waals surface area contributed by atoms with Gasteiger partial charge in [-0.15, -0.1) is 0 Å². The van der Waals surface area contributed by atoms with Gasteiger partial charge in [-0.05, 0) is 30.2 Å². The van der Waals surface area contributed by atoms with Crippen LogP contribution in [0.5, 0.6) is 0 Å². The zero-order chi connectivity index (χ0) is 18.3. The number of carbonyl (C=O) groups is 2. The van der Waals surface area contributed by atoms with E-state index >= 15 is 0 Å². The molecule has 0 atom stereocenters. The summed E-state index contributed by atoms with van der Waals surface area (Å²) < 4.78 is 26.2. The maximum absolute atomic E-state index is 12.5. The van der Waals surface area contributed by atoms with Crippen molar-refractivity contribution in [1.82, 2.24) is 9.62 Å². The second kappa shape index (κ2) is 8.79. The highest BCUT2D eigenvalue weighted by molar-refractivity contribution is 7.89. The Bertz CT molecular complexity index is 668. The van der Waals surface area contributed by atoms with E-state index in [4.69, 9.17) is 5.11 Å². The van der Waals surface area contributed by atoms with Gasteiger partial charge in [-0.2, -0.15) is 0 Å². The molecule has 134 valence electrons. The van der Waals surface area contributed by atoms with Crippen LogP contribution in [-0.2, 0) is 14.8 Å². The van der Waals surface area contributed by atoms with Crippen molar-refractivity contribution in [3.63, 3.8) is 0 Å². The summed E-state index contributed by atoms with van der Waals surface area (Å²) in [5, 5.41) is 8.81. The number of nitrogens with one attached hydrogen (secondary N) is 1. The van der Waals surface area contributed by atoms with Gasteiger partial charge in [0.1, 0.15) is 0 Å². The molecule has 0 unspecified atom stereocenters. The lowest BCUT2D eigenvalue weighted by atomic mass is 10.1. The van der Waals surface area contributed by atoms with Crippen LogP contribution in [0.3, 0.4) is 0 Å². The smallest absolute Gasteiger partial charge is 0.305 e. The molecule has 0 radical (unpaired) electrons. The number of aliphatic carboxylic acids is 1. The highest BCUT2D eigenvalue weighted by Crippen LogP contribution is 2.13. The maximum Gasteiger partial charge on any atom is 0.305 e. The van der Waals surface area contributed by atoms with Gasteiger partial charge in [-0.3, -0.25) is 9.59 Å². The molecule has 1 aromatic rings. The van der Waals surface area contributed by atoms with E-state index < -0.39 is 16.0 Å². The first-order valence-corrected chi connectivity index (χ1v) is 9.26. The lowest BCUT2D eigenvalue weighted by Gasteiger charge is -2.24. The summed E-state index contributed by atoms with van der Waals surface area (Å²) in [7, 11) is -3.57. The number of amides is 1. The third-order valence-corrected chi connectivity index (χ3v) is 4.78. The zero-order valence-electron chi connectivity index (χ0n) is 14.2. The van der Waals surface area contributed by atoms with Crippen LogP contribution in [0.1, 0.15) is 37.6 Å². The van der Waals surface area contributed by atoms with Crippen molar-refractivity contribution in [3.8, 4) is 0 Å². The third-order valence-electron chi connectivity index (χ3n) is 3.21. The van der Waals surface area contributed by atoms with Crippen LogP contribution in [0.2, 0.25) is 0 Å². The number of carbonyl (C=O) groups excluding carboxylic acids is 1. The van der Waals surface area contributed by atoms with Crippen LogP contribution < -0.4 is 4.72 Å². The number of sulfonamides is 1. The van der Waals surface area contributed by atoms with E-state index in [0.717, 1.165) is 0 Å². The SMILES string of the molecule is CCNS(=O)(=O)c1ccc(C(=O)N(CCC(=O)O)CC(C)C)cc1. The lowest BCUT2D eigenvalue weighted by Crippen LogP contribution is -2.36. The van der Waals surface area contributed by atoms with Crippen molar-refractivity contribution >= 4 is 21.9 Å². The van der Waals surface area contributed by atoms with Gasteiger partial charge in [0.2, 0.25) is 10.0 Å². The monoisotopic (exact) mass is 356 g/mol. The molecule has 0 spiro atoms. The van der Waals surface area contributed by atoms with E-state index in [1.54, 1.807) is 6.92 Å². The van der Waals surface area contributed by atoms with Gasteiger partial charge in [0.15, 0.2) is 0 Å². The third kappa shape index (κ3) is 5.93. The summed E-state index contributed by atoms with van der Waals surface area (Å²) in [5.41, 5.74) is 0.330. The molecule has 0 saturated heterocycles. The number of benzene rings is 1. The molecular formula is C16H24N2O5S. The number of hydrogen-bond donors (Lipinski definition) is 2. The van der Waals surface area contributed by atoms with Gasteiger partial charge in [0, 0.05) is 25.2 Å². The van der Waals surface area contributed by atoms with E-state index in [9.17, 15) is 18.0 Å². The van der Waals surface area contributed by atoms with Crippen molar-refractivity contribution in [3.05, 3.63) is 29.8 Å². The fourth-order valence-electron chi connectivity index (χ4n) is 2.18. The van der Waals surface area contributed by atoms with Crippen LogP contribution in [0.4, 0.5) is 0 Å². The topological polar surface area (TPSA) is 104 Å². The van der Waals surface area contributed by atoms with E-state index in [2.05, 4.69) is 4.72 Å². The van der Waals surface area contributed by atoms with Crippen LogP contribution >= 0.6 is 0 Å². The highest BCUT2D eigenvalue weighted by Gasteiger charge is 2.19. The molecule has 0 fully saturated rings. The van der Waals surface area contributed by atoms with Crippen molar-refractivity contribution in [2.75, 3.05) is 19.6 Å². The Labute approximate surface area is 142 Å². The first kappa shape index (κ1) is 20.1. The molecule has 24 heavy (non-hydrogen) atoms. The van der Waals surface area contributed by atoms with Gasteiger partial charge in [0.05, 0.1) is 11.3 Å². The zero-order valence-corrected chi connectivity index (χ0v) is 15.0. The first-order valence-electron chi connectivity index (χ1n) is 7.78. The summed E-state index contributed by atoms with van der Waals surface area (Å²) in [6.45, 7) is 6.38. The largest absolute Gasteiger partial charge is 0.481 e. The molecule has 0 aliphatic rings. The summed E-state index contributed by atoms with van der Waals surface area (Å²) in [5.74, 6) is -1.09. The molecule has 0 saturated carbocycles. The van der Waals surface area contributed by atoms with Crippen molar-refractivity contribution in [2.24, 2.45) is 5.92 Å². The second-order valence-corrected chi connectivity index (χ2v) is 7.58. The van der Waals surface area contributed by atoms with Crippen molar-refractivity contribution < 1.29 is 23.1 Å². The Hall–Kier alpha value is -1.93. The summed E-state index contributed by atoms with van der Waals surface area (Å²) >= 11 is 0. The Balaban J connectivity index is 2.96. The van der Waals surface area contributed by atoms with E-state index in [0.29, 0.717) is 12.1 Å². The van der Waals surface area contributed by atoms with Crippen molar-refractivity contribution in [2.45, 2.75) is 32.1 Å². The van der Waals surface area contributed by atoms with Gasteiger partial charge in [-0.1, -0.05) is 20.8 Å². The van der Waals surface area contributed by atoms with Gasteiger partial charge in [-0.25, -0.2) is 13.1 Å². The predicted octanol–water partition coefficient (Wildman–Crippen LogP) is 1.56. The summed E-state index contributed by atoms with van der Waals surface area (Å²) in [6.07, 6.45) is -0.134. The molecule has 7 nitrogen and oxygen atoms in total. The number of hydrogen-bond acceptors (Lipinski definition) is 4. The number of rotatable bonds is 9. The molecule has 0 aliphatic heterocycles. The van der Waals surface area contributed by atoms with E-state index in [1.165, 1.54) is 29.2 Å². The molecule has 1 amide bonds. The number of carboxylic acid groups (broad SMARTS) is 1. The Kier molecular flexibility index (Phi) is 7.37. The van der Waals surface area contributed by atoms with Gasteiger partial charge >= 0.3 is 5.97 Å². The molecule has 0 aliphatic carbocycles. The van der Waals surface area contributed by atoms with Crippen LogP contribution in [0.25, 0.3) is 0 Å². The van der Waals surface area contributed by atoms with Crippen LogP contribution in [0.15, 0.2) is 29.2 Å². The molecule has 8 heteroatoms. The Morgan fingerprint density at radius 2 is 1.79 bits per heavy atom. The quantitative estimate of drug-likeness (QED) is 0.699.